The Hall–Kier alpha value is -2.16. The van der Waals surface area contributed by atoms with Gasteiger partial charge in [0, 0.05) is 17.6 Å². The molecule has 7 nitrogen and oxygen atoms in total. The van der Waals surface area contributed by atoms with Crippen molar-refractivity contribution in [2.24, 2.45) is 0 Å². The molecule has 10 heteroatoms. The van der Waals surface area contributed by atoms with Gasteiger partial charge in [-0.05, 0) is 38.1 Å². The lowest BCUT2D eigenvalue weighted by Gasteiger charge is -2.16. The molecule has 1 amide bonds. The van der Waals surface area contributed by atoms with Crippen molar-refractivity contribution in [3.63, 3.8) is 0 Å². The van der Waals surface area contributed by atoms with Crippen molar-refractivity contribution in [2.75, 3.05) is 5.75 Å². The van der Waals surface area contributed by atoms with Gasteiger partial charge in [0.05, 0.1) is 23.6 Å². The van der Waals surface area contributed by atoms with E-state index < -0.39 is 6.10 Å². The number of furan rings is 1. The molecular weight excluding hydrogens is 435 g/mol. The van der Waals surface area contributed by atoms with Crippen LogP contribution in [0.25, 0.3) is 0 Å². The summed E-state index contributed by atoms with van der Waals surface area (Å²) in [5.41, 5.74) is 0. The predicted octanol–water partition coefficient (Wildman–Crippen LogP) is 4.75. The zero-order valence-corrected chi connectivity index (χ0v) is 18.2. The summed E-state index contributed by atoms with van der Waals surface area (Å²) in [6.07, 6.45) is 1.17. The summed E-state index contributed by atoms with van der Waals surface area (Å²) >= 11 is 13.5. The molecule has 0 saturated carbocycles. The molecule has 1 aromatic carbocycles. The van der Waals surface area contributed by atoms with Crippen LogP contribution in [0.4, 0.5) is 0 Å². The minimum Gasteiger partial charge on any atom is -0.481 e. The van der Waals surface area contributed by atoms with Crippen LogP contribution in [-0.2, 0) is 17.9 Å². The summed E-state index contributed by atoms with van der Waals surface area (Å²) in [4.78, 5) is 12.1. The maximum atomic E-state index is 12.1. The molecule has 0 spiro atoms. The van der Waals surface area contributed by atoms with Gasteiger partial charge < -0.3 is 19.0 Å². The zero-order chi connectivity index (χ0) is 20.8. The quantitative estimate of drug-likeness (QED) is 0.469. The average molecular weight is 455 g/mol. The average Bonchev–Trinajstić information content (AvgIpc) is 3.36. The third kappa shape index (κ3) is 5.68. The van der Waals surface area contributed by atoms with E-state index in [4.69, 9.17) is 32.4 Å². The van der Waals surface area contributed by atoms with E-state index in [0.717, 1.165) is 0 Å². The molecule has 29 heavy (non-hydrogen) atoms. The zero-order valence-electron chi connectivity index (χ0n) is 15.9. The van der Waals surface area contributed by atoms with Gasteiger partial charge in [-0.25, -0.2) is 0 Å². The Labute approximate surface area is 182 Å². The molecule has 1 atom stereocenters. The normalized spacial score (nSPS) is 12.0. The van der Waals surface area contributed by atoms with E-state index >= 15 is 0 Å². The fourth-order valence-electron chi connectivity index (χ4n) is 2.60. The Balaban J connectivity index is 1.61. The van der Waals surface area contributed by atoms with Gasteiger partial charge in [-0.2, -0.15) is 0 Å². The SMILES string of the molecule is CCn1c(SCC(=O)NCc2ccco2)nnc1C(C)Oc1cc(Cl)ccc1Cl. The number of carbonyl (C=O) groups excluding carboxylic acids is 1. The molecule has 2 aromatic heterocycles. The van der Waals surface area contributed by atoms with Crippen LogP contribution in [0.5, 0.6) is 5.75 Å². The molecule has 0 saturated heterocycles. The number of rotatable bonds is 9. The second kappa shape index (κ2) is 10.0. The highest BCUT2D eigenvalue weighted by Crippen LogP contribution is 2.32. The van der Waals surface area contributed by atoms with Gasteiger partial charge in [-0.3, -0.25) is 4.79 Å². The maximum Gasteiger partial charge on any atom is 0.230 e. The van der Waals surface area contributed by atoms with Crippen molar-refractivity contribution < 1.29 is 13.9 Å². The Bertz CT molecular complexity index is 963. The molecule has 0 aliphatic rings. The van der Waals surface area contributed by atoms with E-state index in [9.17, 15) is 4.79 Å². The van der Waals surface area contributed by atoms with Crippen molar-refractivity contribution in [1.82, 2.24) is 20.1 Å². The van der Waals surface area contributed by atoms with Crippen LogP contribution in [0.2, 0.25) is 10.0 Å². The Morgan fingerprint density at radius 2 is 2.17 bits per heavy atom. The number of nitrogens with one attached hydrogen (secondary N) is 1. The number of carbonyl (C=O) groups is 1. The van der Waals surface area contributed by atoms with Gasteiger partial charge in [0.1, 0.15) is 11.5 Å². The van der Waals surface area contributed by atoms with Gasteiger partial charge >= 0.3 is 0 Å². The first-order valence-corrected chi connectivity index (χ1v) is 10.7. The fraction of sp³-hybridized carbons (Fsp3) is 0.316. The smallest absolute Gasteiger partial charge is 0.230 e. The van der Waals surface area contributed by atoms with Crippen molar-refractivity contribution in [3.05, 3.63) is 58.2 Å². The standard InChI is InChI=1S/C19H20Cl2N4O3S/c1-3-25-18(12(2)28-16-9-13(20)6-7-15(16)21)23-24-19(25)29-11-17(26)22-10-14-5-4-8-27-14/h4-9,12H,3,10-11H2,1-2H3,(H,22,26). The highest BCUT2D eigenvalue weighted by Gasteiger charge is 2.20. The monoisotopic (exact) mass is 454 g/mol. The molecule has 0 fully saturated rings. The number of benzene rings is 1. The number of thioether (sulfide) groups is 1. The molecule has 3 aromatic rings. The summed E-state index contributed by atoms with van der Waals surface area (Å²) in [6, 6.07) is 8.62. The van der Waals surface area contributed by atoms with E-state index in [1.165, 1.54) is 11.8 Å². The maximum absolute atomic E-state index is 12.1. The van der Waals surface area contributed by atoms with Crippen LogP contribution < -0.4 is 10.1 Å². The Morgan fingerprint density at radius 3 is 2.90 bits per heavy atom. The number of ether oxygens (including phenoxy) is 1. The predicted molar refractivity (Wildman–Crippen MR) is 112 cm³/mol. The van der Waals surface area contributed by atoms with Gasteiger partial charge in [0.15, 0.2) is 17.1 Å². The molecule has 1 unspecified atom stereocenters. The molecule has 1 N–H and O–H groups in total. The van der Waals surface area contributed by atoms with E-state index in [2.05, 4.69) is 15.5 Å². The molecule has 0 radical (unpaired) electrons. The molecular formula is C19H20Cl2N4O3S. The van der Waals surface area contributed by atoms with E-state index in [0.29, 0.717) is 45.6 Å². The highest BCUT2D eigenvalue weighted by molar-refractivity contribution is 7.99. The van der Waals surface area contributed by atoms with E-state index in [-0.39, 0.29) is 11.7 Å². The molecule has 154 valence electrons. The summed E-state index contributed by atoms with van der Waals surface area (Å²) in [5.74, 6) is 1.92. The minimum absolute atomic E-state index is 0.117. The number of aromatic nitrogens is 3. The van der Waals surface area contributed by atoms with Crippen LogP contribution in [0, 0.1) is 0 Å². The third-order valence-electron chi connectivity index (χ3n) is 3.99. The van der Waals surface area contributed by atoms with Crippen LogP contribution in [0.15, 0.2) is 46.2 Å². The van der Waals surface area contributed by atoms with Gasteiger partial charge in [-0.15, -0.1) is 10.2 Å². The van der Waals surface area contributed by atoms with E-state index in [1.54, 1.807) is 36.6 Å². The third-order valence-corrected chi connectivity index (χ3v) is 5.51. The topological polar surface area (TPSA) is 82.2 Å². The lowest BCUT2D eigenvalue weighted by atomic mass is 10.3. The molecule has 0 aliphatic heterocycles. The molecule has 0 aliphatic carbocycles. The summed E-state index contributed by atoms with van der Waals surface area (Å²) in [6.45, 7) is 4.82. The van der Waals surface area contributed by atoms with E-state index in [1.807, 2.05) is 18.4 Å². The van der Waals surface area contributed by atoms with Crippen LogP contribution in [-0.4, -0.2) is 26.4 Å². The first kappa shape index (κ1) is 21.5. The molecule has 2 heterocycles. The Kier molecular flexibility index (Phi) is 7.46. The second-order valence-corrected chi connectivity index (χ2v) is 7.85. The van der Waals surface area contributed by atoms with Crippen molar-refractivity contribution in [3.8, 4) is 5.75 Å². The van der Waals surface area contributed by atoms with Crippen LogP contribution in [0.3, 0.4) is 0 Å². The number of nitrogens with zero attached hydrogens (tertiary/aromatic N) is 3. The number of halogens is 2. The summed E-state index contributed by atoms with van der Waals surface area (Å²) < 4.78 is 13.0. The Morgan fingerprint density at radius 1 is 1.34 bits per heavy atom. The summed E-state index contributed by atoms with van der Waals surface area (Å²) in [7, 11) is 0. The lowest BCUT2D eigenvalue weighted by Crippen LogP contribution is -2.24. The first-order valence-electron chi connectivity index (χ1n) is 8.94. The van der Waals surface area contributed by atoms with Gasteiger partial charge in [0.25, 0.3) is 0 Å². The largest absolute Gasteiger partial charge is 0.481 e. The van der Waals surface area contributed by atoms with Gasteiger partial charge in [-0.1, -0.05) is 35.0 Å². The first-order chi connectivity index (χ1) is 14.0. The molecule has 3 rings (SSSR count). The number of amides is 1. The fourth-order valence-corrected chi connectivity index (χ4v) is 3.76. The highest BCUT2D eigenvalue weighted by atomic mass is 35.5. The minimum atomic E-state index is -0.402. The number of hydrogen-bond acceptors (Lipinski definition) is 6. The number of hydrogen-bond donors (Lipinski definition) is 1. The van der Waals surface area contributed by atoms with Crippen LogP contribution >= 0.6 is 35.0 Å². The molecule has 0 bridgehead atoms. The summed E-state index contributed by atoms with van der Waals surface area (Å²) in [5, 5.41) is 12.9. The van der Waals surface area contributed by atoms with Crippen LogP contribution in [0.1, 0.15) is 31.5 Å². The van der Waals surface area contributed by atoms with Crippen molar-refractivity contribution in [1.29, 1.82) is 0 Å². The second-order valence-electron chi connectivity index (χ2n) is 6.06. The van der Waals surface area contributed by atoms with Gasteiger partial charge in [0.2, 0.25) is 5.91 Å². The lowest BCUT2D eigenvalue weighted by molar-refractivity contribution is -0.118. The van der Waals surface area contributed by atoms with Crippen molar-refractivity contribution >= 4 is 40.9 Å². The van der Waals surface area contributed by atoms with Crippen molar-refractivity contribution in [2.45, 2.75) is 38.2 Å².